The summed E-state index contributed by atoms with van der Waals surface area (Å²) in [5.41, 5.74) is 0. The second-order valence-corrected chi connectivity index (χ2v) is 5.55. The van der Waals surface area contributed by atoms with Crippen molar-refractivity contribution in [3.8, 4) is 0 Å². The van der Waals surface area contributed by atoms with Gasteiger partial charge in [-0.15, -0.1) is 0 Å². The monoisotopic (exact) mass is 289 g/mol. The molecule has 0 rings (SSSR count). The highest BCUT2D eigenvalue weighted by molar-refractivity contribution is 5.77. The van der Waals surface area contributed by atoms with Crippen LogP contribution in [0.4, 0.5) is 0 Å². The molecule has 1 unspecified atom stereocenters. The summed E-state index contributed by atoms with van der Waals surface area (Å²) >= 11 is 0. The highest BCUT2D eigenvalue weighted by Crippen LogP contribution is 2.04. The Labute approximate surface area is 120 Å². The lowest BCUT2D eigenvalue weighted by Gasteiger charge is -2.17. The van der Waals surface area contributed by atoms with Crippen LogP contribution < -0.4 is 5.32 Å². The molecule has 0 aliphatic carbocycles. The molecule has 0 aromatic carbocycles. The smallest absolute Gasteiger partial charge is 0.323 e. The molecule has 0 heterocycles. The number of rotatable bonds is 10. The van der Waals surface area contributed by atoms with Crippen LogP contribution in [0.5, 0.6) is 0 Å². The zero-order chi connectivity index (χ0) is 15.5. The molecular formula is C14H27NO5. The van der Waals surface area contributed by atoms with Crippen molar-refractivity contribution in [1.82, 2.24) is 5.32 Å². The van der Waals surface area contributed by atoms with Crippen LogP contribution in [-0.4, -0.2) is 43.0 Å². The highest BCUT2D eigenvalue weighted by Gasteiger charge is 2.21. The van der Waals surface area contributed by atoms with Crippen LogP contribution >= 0.6 is 0 Å². The molecule has 6 heteroatoms. The lowest BCUT2D eigenvalue weighted by atomic mass is 10.1. The van der Waals surface area contributed by atoms with E-state index in [1.807, 2.05) is 27.7 Å². The maximum absolute atomic E-state index is 11.8. The number of hydrogen-bond donors (Lipinski definition) is 2. The van der Waals surface area contributed by atoms with E-state index in [2.05, 4.69) is 5.32 Å². The van der Waals surface area contributed by atoms with E-state index in [4.69, 9.17) is 14.6 Å². The summed E-state index contributed by atoms with van der Waals surface area (Å²) in [7, 11) is 0. The molecule has 0 spiro atoms. The molecule has 0 radical (unpaired) electrons. The summed E-state index contributed by atoms with van der Waals surface area (Å²) < 4.78 is 10.1. The first-order valence-corrected chi connectivity index (χ1v) is 7.03. The third-order valence-corrected chi connectivity index (χ3v) is 2.40. The van der Waals surface area contributed by atoms with Gasteiger partial charge in [-0.25, -0.2) is 0 Å². The zero-order valence-electron chi connectivity index (χ0n) is 12.8. The van der Waals surface area contributed by atoms with E-state index in [9.17, 15) is 9.59 Å². The molecule has 0 amide bonds. The van der Waals surface area contributed by atoms with Gasteiger partial charge in [-0.05, 0) is 18.3 Å². The van der Waals surface area contributed by atoms with Gasteiger partial charge in [0.05, 0.1) is 19.9 Å². The summed E-state index contributed by atoms with van der Waals surface area (Å²) in [4.78, 5) is 23.2. The van der Waals surface area contributed by atoms with Crippen molar-refractivity contribution in [2.45, 2.75) is 46.6 Å². The summed E-state index contributed by atoms with van der Waals surface area (Å²) in [5.74, 6) is -0.282. The summed E-state index contributed by atoms with van der Waals surface area (Å²) in [6, 6.07) is -0.689. The van der Waals surface area contributed by atoms with Gasteiger partial charge < -0.3 is 14.6 Å². The quantitative estimate of drug-likeness (QED) is 0.462. The van der Waals surface area contributed by atoms with Gasteiger partial charge in [-0.1, -0.05) is 27.7 Å². The van der Waals surface area contributed by atoms with Gasteiger partial charge in [0, 0.05) is 6.42 Å². The van der Waals surface area contributed by atoms with Gasteiger partial charge >= 0.3 is 11.9 Å². The molecular weight excluding hydrogens is 262 g/mol. The number of carbonyl (C=O) groups excluding carboxylic acids is 2. The second kappa shape index (κ2) is 10.6. The van der Waals surface area contributed by atoms with E-state index in [0.717, 1.165) is 0 Å². The van der Waals surface area contributed by atoms with E-state index >= 15 is 0 Å². The first kappa shape index (κ1) is 18.9. The fourth-order valence-corrected chi connectivity index (χ4v) is 1.36. The van der Waals surface area contributed by atoms with Crippen LogP contribution in [0.3, 0.4) is 0 Å². The van der Waals surface area contributed by atoms with E-state index in [1.54, 1.807) is 0 Å². The predicted octanol–water partition coefficient (Wildman–Crippen LogP) is 1.07. The van der Waals surface area contributed by atoms with Crippen LogP contribution in [0.1, 0.15) is 40.5 Å². The summed E-state index contributed by atoms with van der Waals surface area (Å²) in [6.45, 7) is 8.12. The molecule has 6 nitrogen and oxygen atoms in total. The van der Waals surface area contributed by atoms with Crippen molar-refractivity contribution in [3.05, 3.63) is 0 Å². The lowest BCUT2D eigenvalue weighted by Crippen LogP contribution is -2.39. The number of hydrogen-bond acceptors (Lipinski definition) is 6. The number of ether oxygens (including phenoxy) is 2. The average molecular weight is 289 g/mol. The molecule has 0 aromatic rings. The Hall–Kier alpha value is -1.14. The lowest BCUT2D eigenvalue weighted by molar-refractivity contribution is -0.149. The molecule has 2 N–H and O–H groups in total. The van der Waals surface area contributed by atoms with Crippen LogP contribution in [0.15, 0.2) is 0 Å². The first-order chi connectivity index (χ1) is 9.36. The topological polar surface area (TPSA) is 84.9 Å². The van der Waals surface area contributed by atoms with E-state index in [1.165, 1.54) is 0 Å². The van der Waals surface area contributed by atoms with E-state index in [-0.39, 0.29) is 37.4 Å². The van der Waals surface area contributed by atoms with Gasteiger partial charge in [-0.2, -0.15) is 0 Å². The Morgan fingerprint density at radius 2 is 1.60 bits per heavy atom. The first-order valence-electron chi connectivity index (χ1n) is 7.03. The Balaban J connectivity index is 4.12. The van der Waals surface area contributed by atoms with Crippen LogP contribution in [0.2, 0.25) is 0 Å². The van der Waals surface area contributed by atoms with E-state index < -0.39 is 12.0 Å². The maximum atomic E-state index is 11.8. The SMILES string of the molecule is CC(C)COC(=O)CCC(NCO)C(=O)OCC(C)C. The molecule has 1 atom stereocenters. The van der Waals surface area contributed by atoms with Crippen molar-refractivity contribution >= 4 is 11.9 Å². The minimum Gasteiger partial charge on any atom is -0.465 e. The maximum Gasteiger partial charge on any atom is 0.323 e. The van der Waals surface area contributed by atoms with Crippen LogP contribution in [0.25, 0.3) is 0 Å². The minimum absolute atomic E-state index is 0.112. The fraction of sp³-hybridized carbons (Fsp3) is 0.857. The predicted molar refractivity (Wildman–Crippen MR) is 74.8 cm³/mol. The highest BCUT2D eigenvalue weighted by atomic mass is 16.5. The molecule has 0 aliphatic heterocycles. The standard InChI is InChI=1S/C14H27NO5/c1-10(2)7-19-13(17)6-5-12(15-9-16)14(18)20-8-11(3)4/h10-12,15-16H,5-9H2,1-4H3. The van der Waals surface area contributed by atoms with Gasteiger partial charge in [0.1, 0.15) is 6.04 Å². The number of aliphatic hydroxyl groups is 1. The molecule has 118 valence electrons. The van der Waals surface area contributed by atoms with Crippen molar-refractivity contribution in [3.63, 3.8) is 0 Å². The van der Waals surface area contributed by atoms with Gasteiger partial charge in [0.25, 0.3) is 0 Å². The second-order valence-electron chi connectivity index (χ2n) is 5.55. The van der Waals surface area contributed by atoms with Crippen LogP contribution in [-0.2, 0) is 19.1 Å². The van der Waals surface area contributed by atoms with Crippen molar-refractivity contribution in [2.24, 2.45) is 11.8 Å². The van der Waals surface area contributed by atoms with E-state index in [0.29, 0.717) is 13.2 Å². The molecule has 0 aliphatic rings. The largest absolute Gasteiger partial charge is 0.465 e. The Morgan fingerprint density at radius 1 is 1.05 bits per heavy atom. The molecule has 20 heavy (non-hydrogen) atoms. The summed E-state index contributed by atoms with van der Waals surface area (Å²) in [6.07, 6.45) is 0.357. The van der Waals surface area contributed by atoms with Gasteiger partial charge in [0.15, 0.2) is 0 Å². The molecule has 0 saturated heterocycles. The minimum atomic E-state index is -0.689. The van der Waals surface area contributed by atoms with Gasteiger partial charge in [0.2, 0.25) is 0 Å². The Bertz CT molecular complexity index is 291. The fourth-order valence-electron chi connectivity index (χ4n) is 1.36. The third-order valence-electron chi connectivity index (χ3n) is 2.40. The zero-order valence-corrected chi connectivity index (χ0v) is 12.8. The van der Waals surface area contributed by atoms with Gasteiger partial charge in [-0.3, -0.25) is 14.9 Å². The molecule has 0 aromatic heterocycles. The normalized spacial score (nSPS) is 12.6. The molecule has 0 saturated carbocycles. The third kappa shape index (κ3) is 9.75. The molecule has 0 fully saturated rings. The number of aliphatic hydroxyl groups excluding tert-OH is 1. The van der Waals surface area contributed by atoms with Crippen molar-refractivity contribution < 1.29 is 24.2 Å². The summed E-state index contributed by atoms with van der Waals surface area (Å²) in [5, 5.41) is 11.5. The van der Waals surface area contributed by atoms with Crippen molar-refractivity contribution in [1.29, 1.82) is 0 Å². The molecule has 0 bridgehead atoms. The number of nitrogens with one attached hydrogen (secondary N) is 1. The number of esters is 2. The van der Waals surface area contributed by atoms with Crippen LogP contribution in [0, 0.1) is 11.8 Å². The van der Waals surface area contributed by atoms with Crippen molar-refractivity contribution in [2.75, 3.05) is 19.9 Å². The average Bonchev–Trinajstić information content (AvgIpc) is 2.38. The Morgan fingerprint density at radius 3 is 2.10 bits per heavy atom. The Kier molecular flexibility index (Phi) is 10.0. The number of carbonyl (C=O) groups is 2.